The average Bonchev–Trinajstić information content (AvgIpc) is 3.16. The monoisotopic (exact) mass is 336 g/mol. The van der Waals surface area contributed by atoms with Gasteiger partial charge in [0.05, 0.1) is 18.5 Å². The molecule has 1 aromatic heterocycles. The number of para-hydroxylation sites is 1. The Kier molecular flexibility index (Phi) is 5.53. The molecule has 2 aromatic carbocycles. The van der Waals surface area contributed by atoms with Crippen LogP contribution in [-0.2, 0) is 6.42 Å². The molecule has 0 aliphatic heterocycles. The molecule has 0 unspecified atom stereocenters. The first kappa shape index (κ1) is 16.9. The third-order valence-electron chi connectivity index (χ3n) is 3.87. The largest absolute Gasteiger partial charge is 0.395 e. The van der Waals surface area contributed by atoms with Crippen molar-refractivity contribution in [1.82, 2.24) is 19.9 Å². The quantitative estimate of drug-likeness (QED) is 0.716. The highest BCUT2D eigenvalue weighted by molar-refractivity contribution is 5.92. The number of amides is 1. The minimum Gasteiger partial charge on any atom is -0.395 e. The molecule has 128 valence electrons. The summed E-state index contributed by atoms with van der Waals surface area (Å²) >= 11 is 0. The number of aliphatic hydroxyl groups is 1. The maximum atomic E-state index is 12.7. The Morgan fingerprint density at radius 2 is 1.68 bits per heavy atom. The molecule has 0 saturated carbocycles. The zero-order valence-electron chi connectivity index (χ0n) is 13.8. The fraction of sp³-hybridized carbons (Fsp3) is 0.211. The molecule has 6 nitrogen and oxygen atoms in total. The highest BCUT2D eigenvalue weighted by Crippen LogP contribution is 2.08. The smallest absolute Gasteiger partial charge is 0.276 e. The maximum absolute atomic E-state index is 12.7. The van der Waals surface area contributed by atoms with Crippen LogP contribution in [0.5, 0.6) is 0 Å². The van der Waals surface area contributed by atoms with Gasteiger partial charge < -0.3 is 10.0 Å². The molecule has 1 amide bonds. The van der Waals surface area contributed by atoms with Gasteiger partial charge in [0, 0.05) is 13.1 Å². The summed E-state index contributed by atoms with van der Waals surface area (Å²) in [7, 11) is 0. The highest BCUT2D eigenvalue weighted by Gasteiger charge is 2.19. The number of carbonyl (C=O) groups is 1. The van der Waals surface area contributed by atoms with Crippen LogP contribution in [0.1, 0.15) is 16.1 Å². The molecule has 3 aromatic rings. The van der Waals surface area contributed by atoms with Crippen LogP contribution < -0.4 is 0 Å². The summed E-state index contributed by atoms with van der Waals surface area (Å²) in [6.45, 7) is 0.693. The number of benzene rings is 2. The van der Waals surface area contributed by atoms with Crippen molar-refractivity contribution in [3.63, 3.8) is 0 Å². The molecule has 25 heavy (non-hydrogen) atoms. The molecular weight excluding hydrogens is 316 g/mol. The van der Waals surface area contributed by atoms with E-state index in [1.54, 1.807) is 4.90 Å². The number of rotatable bonds is 7. The number of hydrogen-bond donors (Lipinski definition) is 1. The van der Waals surface area contributed by atoms with Crippen LogP contribution in [0.2, 0.25) is 0 Å². The van der Waals surface area contributed by atoms with Crippen LogP contribution in [0, 0.1) is 0 Å². The molecule has 0 radical (unpaired) electrons. The van der Waals surface area contributed by atoms with Gasteiger partial charge >= 0.3 is 0 Å². The number of aliphatic hydroxyl groups excluding tert-OH is 1. The predicted molar refractivity (Wildman–Crippen MR) is 94.5 cm³/mol. The Labute approximate surface area is 146 Å². The van der Waals surface area contributed by atoms with E-state index in [4.69, 9.17) is 0 Å². The lowest BCUT2D eigenvalue weighted by Crippen LogP contribution is -2.35. The van der Waals surface area contributed by atoms with Gasteiger partial charge in [-0.1, -0.05) is 48.5 Å². The first-order valence-electron chi connectivity index (χ1n) is 8.20. The molecule has 6 heteroatoms. The van der Waals surface area contributed by atoms with Crippen molar-refractivity contribution in [3.05, 3.63) is 78.1 Å². The van der Waals surface area contributed by atoms with Crippen LogP contribution >= 0.6 is 0 Å². The Morgan fingerprint density at radius 3 is 2.36 bits per heavy atom. The Balaban J connectivity index is 1.71. The molecule has 0 bridgehead atoms. The normalized spacial score (nSPS) is 10.6. The van der Waals surface area contributed by atoms with Crippen molar-refractivity contribution in [1.29, 1.82) is 0 Å². The summed E-state index contributed by atoms with van der Waals surface area (Å²) in [4.78, 5) is 15.7. The molecule has 0 aliphatic carbocycles. The molecule has 3 rings (SSSR count). The van der Waals surface area contributed by atoms with Crippen molar-refractivity contribution in [2.45, 2.75) is 6.42 Å². The second-order valence-electron chi connectivity index (χ2n) is 5.61. The van der Waals surface area contributed by atoms with Gasteiger partial charge in [0.15, 0.2) is 5.69 Å². The van der Waals surface area contributed by atoms with Gasteiger partial charge in [-0.25, -0.2) is 0 Å². The number of nitrogens with zero attached hydrogens (tertiary/aromatic N) is 4. The van der Waals surface area contributed by atoms with E-state index in [-0.39, 0.29) is 24.8 Å². The van der Waals surface area contributed by atoms with E-state index in [1.807, 2.05) is 60.7 Å². The zero-order valence-corrected chi connectivity index (χ0v) is 13.8. The SMILES string of the molecule is O=C(c1cnn(-c2ccccc2)n1)N(CCO)CCc1ccccc1. The Bertz CT molecular complexity index is 803. The van der Waals surface area contributed by atoms with E-state index in [0.29, 0.717) is 6.54 Å². The van der Waals surface area contributed by atoms with E-state index in [9.17, 15) is 9.90 Å². The van der Waals surface area contributed by atoms with Crippen LogP contribution in [0.15, 0.2) is 66.9 Å². The van der Waals surface area contributed by atoms with Crippen molar-refractivity contribution >= 4 is 5.91 Å². The summed E-state index contributed by atoms with van der Waals surface area (Å²) in [6, 6.07) is 19.4. The van der Waals surface area contributed by atoms with E-state index >= 15 is 0 Å². The standard InChI is InChI=1S/C19H20N4O2/c24-14-13-22(12-11-16-7-3-1-4-8-16)19(25)18-15-20-23(21-18)17-9-5-2-6-10-17/h1-10,15,24H,11-14H2. The summed E-state index contributed by atoms with van der Waals surface area (Å²) in [6.07, 6.45) is 2.18. The molecular formula is C19H20N4O2. The third-order valence-corrected chi connectivity index (χ3v) is 3.87. The van der Waals surface area contributed by atoms with E-state index in [1.165, 1.54) is 11.0 Å². The van der Waals surface area contributed by atoms with Gasteiger partial charge in [-0.2, -0.15) is 9.90 Å². The van der Waals surface area contributed by atoms with Gasteiger partial charge in [0.25, 0.3) is 5.91 Å². The summed E-state index contributed by atoms with van der Waals surface area (Å²) in [5.41, 5.74) is 2.20. The summed E-state index contributed by atoms with van der Waals surface area (Å²) in [5, 5.41) is 17.7. The average molecular weight is 336 g/mol. The zero-order chi connectivity index (χ0) is 17.5. The van der Waals surface area contributed by atoms with Crippen molar-refractivity contribution in [3.8, 4) is 5.69 Å². The number of aromatic nitrogens is 3. The first-order valence-corrected chi connectivity index (χ1v) is 8.20. The van der Waals surface area contributed by atoms with Gasteiger partial charge in [-0.3, -0.25) is 4.79 Å². The fourth-order valence-corrected chi connectivity index (χ4v) is 2.55. The van der Waals surface area contributed by atoms with E-state index < -0.39 is 0 Å². The highest BCUT2D eigenvalue weighted by atomic mass is 16.3. The van der Waals surface area contributed by atoms with Gasteiger partial charge in [-0.15, -0.1) is 5.10 Å². The van der Waals surface area contributed by atoms with Gasteiger partial charge in [0.2, 0.25) is 0 Å². The number of carbonyl (C=O) groups excluding carboxylic acids is 1. The lowest BCUT2D eigenvalue weighted by atomic mass is 10.1. The lowest BCUT2D eigenvalue weighted by molar-refractivity contribution is 0.0717. The predicted octanol–water partition coefficient (Wildman–Crippen LogP) is 1.94. The summed E-state index contributed by atoms with van der Waals surface area (Å²) < 4.78 is 0. The van der Waals surface area contributed by atoms with Crippen molar-refractivity contribution < 1.29 is 9.90 Å². The molecule has 1 N–H and O–H groups in total. The second-order valence-corrected chi connectivity index (χ2v) is 5.61. The van der Waals surface area contributed by atoms with Crippen LogP contribution in [-0.4, -0.2) is 50.6 Å². The maximum Gasteiger partial charge on any atom is 0.276 e. The van der Waals surface area contributed by atoms with E-state index in [2.05, 4.69) is 10.2 Å². The molecule has 0 atom stereocenters. The minimum absolute atomic E-state index is 0.0899. The van der Waals surface area contributed by atoms with E-state index in [0.717, 1.165) is 17.7 Å². The fourth-order valence-electron chi connectivity index (χ4n) is 2.55. The summed E-state index contributed by atoms with van der Waals surface area (Å²) in [5.74, 6) is -0.229. The van der Waals surface area contributed by atoms with Crippen molar-refractivity contribution in [2.75, 3.05) is 19.7 Å². The van der Waals surface area contributed by atoms with Crippen LogP contribution in [0.25, 0.3) is 5.69 Å². The molecule has 0 spiro atoms. The van der Waals surface area contributed by atoms with Crippen LogP contribution in [0.4, 0.5) is 0 Å². The molecule has 0 fully saturated rings. The molecule has 0 saturated heterocycles. The Hall–Kier alpha value is -2.99. The van der Waals surface area contributed by atoms with Gasteiger partial charge in [-0.05, 0) is 24.1 Å². The number of hydrogen-bond acceptors (Lipinski definition) is 4. The van der Waals surface area contributed by atoms with Gasteiger partial charge in [0.1, 0.15) is 0 Å². The minimum atomic E-state index is -0.229. The molecule has 0 aliphatic rings. The molecule has 1 heterocycles. The van der Waals surface area contributed by atoms with Crippen molar-refractivity contribution in [2.24, 2.45) is 0 Å². The van der Waals surface area contributed by atoms with Crippen LogP contribution in [0.3, 0.4) is 0 Å². The second kappa shape index (κ2) is 8.21. The third kappa shape index (κ3) is 4.30. The topological polar surface area (TPSA) is 71.2 Å². The first-order chi connectivity index (χ1) is 12.3. The Morgan fingerprint density at radius 1 is 1.00 bits per heavy atom. The lowest BCUT2D eigenvalue weighted by Gasteiger charge is -2.20.